The summed E-state index contributed by atoms with van der Waals surface area (Å²) in [4.78, 5) is 12.6. The number of aryl methyl sites for hydroxylation is 2. The molecule has 0 aromatic heterocycles. The molecule has 0 saturated carbocycles. The number of hydrogen-bond donors (Lipinski definition) is 1. The highest BCUT2D eigenvalue weighted by Crippen LogP contribution is 2.21. The van der Waals surface area contributed by atoms with Crippen LogP contribution in [0.2, 0.25) is 0 Å². The van der Waals surface area contributed by atoms with Crippen LogP contribution in [-0.4, -0.2) is 37.4 Å². The van der Waals surface area contributed by atoms with Crippen LogP contribution in [0.3, 0.4) is 0 Å². The van der Waals surface area contributed by atoms with Gasteiger partial charge in [-0.3, -0.25) is 4.79 Å². The molecule has 6 nitrogen and oxygen atoms in total. The van der Waals surface area contributed by atoms with Crippen molar-refractivity contribution in [2.75, 3.05) is 13.1 Å². The van der Waals surface area contributed by atoms with E-state index in [1.165, 1.54) is 22.0 Å². The molecule has 148 valence electrons. The topological polar surface area (TPSA) is 78.8 Å². The van der Waals surface area contributed by atoms with Crippen LogP contribution < -0.4 is 5.43 Å². The number of benzene rings is 2. The van der Waals surface area contributed by atoms with E-state index in [1.54, 1.807) is 12.1 Å². The number of hydrazone groups is 1. The van der Waals surface area contributed by atoms with Crippen molar-refractivity contribution in [1.82, 2.24) is 9.73 Å². The lowest BCUT2D eigenvalue weighted by molar-refractivity contribution is 0.0954. The van der Waals surface area contributed by atoms with E-state index in [2.05, 4.69) is 10.5 Å². The zero-order chi connectivity index (χ0) is 20.3. The van der Waals surface area contributed by atoms with Gasteiger partial charge in [-0.15, -0.1) is 0 Å². The summed E-state index contributed by atoms with van der Waals surface area (Å²) in [6.45, 7) is 6.93. The molecule has 1 amide bonds. The average Bonchev–Trinajstić information content (AvgIpc) is 3.24. The van der Waals surface area contributed by atoms with Crippen LogP contribution in [0.25, 0.3) is 0 Å². The lowest BCUT2D eigenvalue weighted by atomic mass is 10.0. The fraction of sp³-hybridized carbons (Fsp3) is 0.333. The first-order chi connectivity index (χ1) is 13.3. The minimum atomic E-state index is -3.56. The number of carbonyl (C=O) groups is 1. The number of nitrogens with zero attached hydrogens (tertiary/aromatic N) is 2. The second kappa shape index (κ2) is 8.24. The fourth-order valence-corrected chi connectivity index (χ4v) is 4.67. The monoisotopic (exact) mass is 399 g/mol. The molecule has 0 radical (unpaired) electrons. The first-order valence-corrected chi connectivity index (χ1v) is 10.8. The van der Waals surface area contributed by atoms with E-state index < -0.39 is 15.9 Å². The van der Waals surface area contributed by atoms with Gasteiger partial charge >= 0.3 is 0 Å². The van der Waals surface area contributed by atoms with Crippen molar-refractivity contribution in [1.29, 1.82) is 0 Å². The minimum absolute atomic E-state index is 0.136. The van der Waals surface area contributed by atoms with E-state index in [4.69, 9.17) is 0 Å². The van der Waals surface area contributed by atoms with E-state index in [9.17, 15) is 13.2 Å². The summed E-state index contributed by atoms with van der Waals surface area (Å²) in [6, 6.07) is 12.1. The normalized spacial score (nSPS) is 15.6. The molecule has 0 aliphatic carbocycles. The Bertz CT molecular complexity index is 1020. The fourth-order valence-electron chi connectivity index (χ4n) is 3.11. The predicted octanol–water partition coefficient (Wildman–Crippen LogP) is 3.24. The van der Waals surface area contributed by atoms with Gasteiger partial charge in [0, 0.05) is 18.7 Å². The number of carbonyl (C=O) groups excluding carboxylic acids is 1. The highest BCUT2D eigenvalue weighted by Gasteiger charge is 2.27. The lowest BCUT2D eigenvalue weighted by Gasteiger charge is -2.15. The van der Waals surface area contributed by atoms with Gasteiger partial charge in [-0.2, -0.15) is 9.41 Å². The summed E-state index contributed by atoms with van der Waals surface area (Å²) < 4.78 is 26.8. The van der Waals surface area contributed by atoms with E-state index in [0.717, 1.165) is 24.0 Å². The summed E-state index contributed by atoms with van der Waals surface area (Å²) >= 11 is 0. The summed E-state index contributed by atoms with van der Waals surface area (Å²) in [5.74, 6) is -0.443. The smallest absolute Gasteiger partial charge is 0.267 e. The molecule has 7 heteroatoms. The Morgan fingerprint density at radius 1 is 1.00 bits per heavy atom. The van der Waals surface area contributed by atoms with Crippen molar-refractivity contribution < 1.29 is 13.2 Å². The van der Waals surface area contributed by atoms with Crippen LogP contribution in [0.5, 0.6) is 0 Å². The molecule has 1 aliphatic heterocycles. The van der Waals surface area contributed by atoms with E-state index >= 15 is 0 Å². The van der Waals surface area contributed by atoms with Crippen molar-refractivity contribution in [3.05, 3.63) is 64.7 Å². The van der Waals surface area contributed by atoms with Crippen molar-refractivity contribution in [2.24, 2.45) is 5.10 Å². The molecule has 0 spiro atoms. The van der Waals surface area contributed by atoms with Gasteiger partial charge in [0.2, 0.25) is 10.0 Å². The van der Waals surface area contributed by atoms with Crippen LogP contribution in [0.4, 0.5) is 0 Å². The third kappa shape index (κ3) is 4.31. The Balaban J connectivity index is 1.76. The Morgan fingerprint density at radius 3 is 2.39 bits per heavy atom. The largest absolute Gasteiger partial charge is 0.271 e. The third-order valence-corrected chi connectivity index (χ3v) is 6.94. The van der Waals surface area contributed by atoms with E-state index in [1.807, 2.05) is 39.0 Å². The van der Waals surface area contributed by atoms with Gasteiger partial charge in [0.25, 0.3) is 5.91 Å². The molecule has 1 fully saturated rings. The lowest BCUT2D eigenvalue weighted by Crippen LogP contribution is -2.28. The van der Waals surface area contributed by atoms with Crippen molar-refractivity contribution in [3.63, 3.8) is 0 Å². The highest BCUT2D eigenvalue weighted by molar-refractivity contribution is 7.89. The third-order valence-electron chi connectivity index (χ3n) is 5.05. The second-order valence-electron chi connectivity index (χ2n) is 7.08. The van der Waals surface area contributed by atoms with Gasteiger partial charge in [0.15, 0.2) is 0 Å². The molecule has 1 aliphatic rings. The number of nitrogens with one attached hydrogen (secondary N) is 1. The molecule has 0 atom stereocenters. The Hall–Kier alpha value is -2.51. The van der Waals surface area contributed by atoms with E-state index in [0.29, 0.717) is 18.8 Å². The summed E-state index contributed by atoms with van der Waals surface area (Å²) in [5, 5.41) is 4.17. The molecule has 1 saturated heterocycles. The first kappa shape index (κ1) is 20.2. The second-order valence-corrected chi connectivity index (χ2v) is 9.01. The molecule has 0 unspecified atom stereocenters. The van der Waals surface area contributed by atoms with E-state index in [-0.39, 0.29) is 10.5 Å². The zero-order valence-corrected chi connectivity index (χ0v) is 17.2. The quantitative estimate of drug-likeness (QED) is 0.619. The van der Waals surface area contributed by atoms with Crippen LogP contribution in [-0.2, 0) is 10.0 Å². The summed E-state index contributed by atoms with van der Waals surface area (Å²) in [7, 11) is -3.56. The molecule has 2 aromatic carbocycles. The molecule has 0 bridgehead atoms. The van der Waals surface area contributed by atoms with Crippen LogP contribution in [0, 0.1) is 13.8 Å². The summed E-state index contributed by atoms with van der Waals surface area (Å²) in [5.41, 5.74) is 6.73. The maximum Gasteiger partial charge on any atom is 0.271 e. The van der Waals surface area contributed by atoms with Gasteiger partial charge in [0.05, 0.1) is 10.6 Å². The van der Waals surface area contributed by atoms with Crippen LogP contribution >= 0.6 is 0 Å². The van der Waals surface area contributed by atoms with Crippen LogP contribution in [0.15, 0.2) is 52.5 Å². The molecule has 2 aromatic rings. The highest BCUT2D eigenvalue weighted by atomic mass is 32.2. The number of rotatable bonds is 5. The number of hydrogen-bond acceptors (Lipinski definition) is 4. The van der Waals surface area contributed by atoms with Gasteiger partial charge in [0.1, 0.15) is 0 Å². The van der Waals surface area contributed by atoms with Gasteiger partial charge < -0.3 is 0 Å². The molecule has 1 heterocycles. The standard InChI is InChI=1S/C21H25N3O3S/c1-15-9-10-18(13-16(15)2)17(3)22-23-21(25)19-7-6-8-20(14-19)28(26,27)24-11-4-5-12-24/h6-10,13-14H,4-5,11-12H2,1-3H3,(H,23,25)/b22-17-. The Labute approximate surface area is 166 Å². The van der Waals surface area contributed by atoms with Crippen molar-refractivity contribution in [2.45, 2.75) is 38.5 Å². The average molecular weight is 400 g/mol. The molecular weight excluding hydrogens is 374 g/mol. The van der Waals surface area contributed by atoms with Crippen molar-refractivity contribution in [3.8, 4) is 0 Å². The Morgan fingerprint density at radius 2 is 1.71 bits per heavy atom. The maximum atomic E-state index is 12.7. The SMILES string of the molecule is C/C(=N/NC(=O)c1cccc(S(=O)(=O)N2CCCC2)c1)c1ccc(C)c(C)c1. The number of amides is 1. The number of sulfonamides is 1. The minimum Gasteiger partial charge on any atom is -0.267 e. The van der Waals surface area contributed by atoms with Gasteiger partial charge in [-0.25, -0.2) is 13.8 Å². The van der Waals surface area contributed by atoms with Gasteiger partial charge in [-0.05, 0) is 74.6 Å². The van der Waals surface area contributed by atoms with Gasteiger partial charge in [-0.1, -0.05) is 18.2 Å². The Kier molecular flexibility index (Phi) is 5.96. The van der Waals surface area contributed by atoms with Crippen LogP contribution in [0.1, 0.15) is 46.8 Å². The molecule has 3 rings (SSSR count). The molecular formula is C21H25N3O3S. The zero-order valence-electron chi connectivity index (χ0n) is 16.4. The molecule has 1 N–H and O–H groups in total. The molecule has 28 heavy (non-hydrogen) atoms. The maximum absolute atomic E-state index is 12.7. The first-order valence-electron chi connectivity index (χ1n) is 9.31. The summed E-state index contributed by atoms with van der Waals surface area (Å²) in [6.07, 6.45) is 1.73. The predicted molar refractivity (Wildman–Crippen MR) is 110 cm³/mol. The van der Waals surface area contributed by atoms with Crippen molar-refractivity contribution >= 4 is 21.6 Å².